The summed E-state index contributed by atoms with van der Waals surface area (Å²) in [5.74, 6) is -0.298. The summed E-state index contributed by atoms with van der Waals surface area (Å²) in [5, 5.41) is 12.1. The minimum absolute atomic E-state index is 0.106. The Balaban J connectivity index is 2.03. The Hall–Kier alpha value is -2.04. The van der Waals surface area contributed by atoms with Gasteiger partial charge in [-0.3, -0.25) is 4.90 Å². The van der Waals surface area contributed by atoms with Crippen molar-refractivity contribution in [2.24, 2.45) is 5.92 Å². The molecule has 108 valence electrons. The molecule has 0 radical (unpaired) electrons. The standard InChI is InChI=1S/C15H20N2O3/c1-10(9-11-7-8-11)16-15(20)17(2)13-6-4-3-5-12(13)14(18)19/h3-6,10-11H,7-9H2,1-2H3,(H,16,20)(H,18,19). The largest absolute Gasteiger partial charge is 0.478 e. The van der Waals surface area contributed by atoms with Gasteiger partial charge in [-0.1, -0.05) is 25.0 Å². The molecule has 1 fully saturated rings. The molecule has 0 bridgehead atoms. The number of hydrogen-bond acceptors (Lipinski definition) is 2. The highest BCUT2D eigenvalue weighted by Gasteiger charge is 2.25. The van der Waals surface area contributed by atoms with E-state index in [2.05, 4.69) is 5.32 Å². The highest BCUT2D eigenvalue weighted by Crippen LogP contribution is 2.33. The number of carboxylic acid groups (broad SMARTS) is 1. The number of carbonyl (C=O) groups is 2. The van der Waals surface area contributed by atoms with E-state index in [0.717, 1.165) is 12.3 Å². The van der Waals surface area contributed by atoms with Crippen LogP contribution >= 0.6 is 0 Å². The zero-order valence-electron chi connectivity index (χ0n) is 11.8. The Kier molecular flexibility index (Phi) is 4.27. The molecule has 0 spiro atoms. The monoisotopic (exact) mass is 276 g/mol. The van der Waals surface area contributed by atoms with Crippen LogP contribution in [0.4, 0.5) is 10.5 Å². The second kappa shape index (κ2) is 5.94. The maximum Gasteiger partial charge on any atom is 0.337 e. The van der Waals surface area contributed by atoms with Crippen molar-refractivity contribution >= 4 is 17.7 Å². The highest BCUT2D eigenvalue weighted by molar-refractivity contribution is 6.01. The minimum atomic E-state index is -1.04. The topological polar surface area (TPSA) is 69.6 Å². The van der Waals surface area contributed by atoms with Crippen molar-refractivity contribution in [3.05, 3.63) is 29.8 Å². The second-order valence-corrected chi connectivity index (χ2v) is 5.41. The first-order valence-corrected chi connectivity index (χ1v) is 6.85. The number of hydrogen-bond donors (Lipinski definition) is 2. The molecule has 2 N–H and O–H groups in total. The SMILES string of the molecule is CC(CC1CC1)NC(=O)N(C)c1ccccc1C(=O)O. The van der Waals surface area contributed by atoms with Crippen LogP contribution in [-0.4, -0.2) is 30.2 Å². The van der Waals surface area contributed by atoms with Gasteiger partial charge in [-0.25, -0.2) is 9.59 Å². The summed E-state index contributed by atoms with van der Waals surface area (Å²) in [7, 11) is 1.58. The molecule has 0 aromatic heterocycles. The lowest BCUT2D eigenvalue weighted by atomic mass is 10.1. The van der Waals surface area contributed by atoms with Gasteiger partial charge in [0.25, 0.3) is 0 Å². The van der Waals surface area contributed by atoms with Crippen LogP contribution in [0.15, 0.2) is 24.3 Å². The molecule has 1 aliphatic carbocycles. The van der Waals surface area contributed by atoms with Gasteiger partial charge >= 0.3 is 12.0 Å². The number of urea groups is 1. The van der Waals surface area contributed by atoms with Crippen molar-refractivity contribution in [3.8, 4) is 0 Å². The first kappa shape index (κ1) is 14.4. The third-order valence-electron chi connectivity index (χ3n) is 3.55. The van der Waals surface area contributed by atoms with E-state index < -0.39 is 5.97 Å². The minimum Gasteiger partial charge on any atom is -0.478 e. The molecule has 2 rings (SSSR count). The van der Waals surface area contributed by atoms with Crippen molar-refractivity contribution in [2.75, 3.05) is 11.9 Å². The molecule has 1 aliphatic rings. The zero-order valence-corrected chi connectivity index (χ0v) is 11.8. The fraction of sp³-hybridized carbons (Fsp3) is 0.467. The predicted molar refractivity (Wildman–Crippen MR) is 77.1 cm³/mol. The molecular formula is C15H20N2O3. The van der Waals surface area contributed by atoms with Crippen LogP contribution in [0, 0.1) is 5.92 Å². The summed E-state index contributed by atoms with van der Waals surface area (Å²) < 4.78 is 0. The quantitative estimate of drug-likeness (QED) is 0.868. The first-order valence-electron chi connectivity index (χ1n) is 6.85. The van der Waals surface area contributed by atoms with Crippen LogP contribution in [-0.2, 0) is 0 Å². The van der Waals surface area contributed by atoms with Gasteiger partial charge < -0.3 is 10.4 Å². The molecule has 1 saturated carbocycles. The Morgan fingerprint density at radius 2 is 2.05 bits per heavy atom. The van der Waals surface area contributed by atoms with E-state index in [1.54, 1.807) is 25.2 Å². The Morgan fingerprint density at radius 1 is 1.40 bits per heavy atom. The average Bonchev–Trinajstić information content (AvgIpc) is 3.21. The highest BCUT2D eigenvalue weighted by atomic mass is 16.4. The van der Waals surface area contributed by atoms with Crippen LogP contribution in [0.2, 0.25) is 0 Å². The lowest BCUT2D eigenvalue weighted by molar-refractivity contribution is 0.0697. The molecule has 1 aromatic carbocycles. The van der Waals surface area contributed by atoms with Gasteiger partial charge in [-0.2, -0.15) is 0 Å². The van der Waals surface area contributed by atoms with E-state index in [4.69, 9.17) is 5.11 Å². The number of carbonyl (C=O) groups excluding carboxylic acids is 1. The fourth-order valence-corrected chi connectivity index (χ4v) is 2.28. The maximum absolute atomic E-state index is 12.2. The summed E-state index contributed by atoms with van der Waals surface area (Å²) in [6, 6.07) is 6.33. The molecule has 1 aromatic rings. The van der Waals surface area contributed by atoms with Gasteiger partial charge in [-0.05, 0) is 31.4 Å². The van der Waals surface area contributed by atoms with Crippen LogP contribution in [0.1, 0.15) is 36.5 Å². The van der Waals surface area contributed by atoms with Gasteiger partial charge in [-0.15, -0.1) is 0 Å². The lowest BCUT2D eigenvalue weighted by Gasteiger charge is -2.22. The van der Waals surface area contributed by atoms with Crippen LogP contribution in [0.5, 0.6) is 0 Å². The summed E-state index contributed by atoms with van der Waals surface area (Å²) in [6.45, 7) is 1.98. The van der Waals surface area contributed by atoms with E-state index in [1.165, 1.54) is 23.8 Å². The van der Waals surface area contributed by atoms with Crippen LogP contribution in [0.3, 0.4) is 0 Å². The average molecular weight is 276 g/mol. The number of benzene rings is 1. The molecule has 20 heavy (non-hydrogen) atoms. The summed E-state index contributed by atoms with van der Waals surface area (Å²) >= 11 is 0. The molecule has 2 amide bonds. The smallest absolute Gasteiger partial charge is 0.337 e. The Bertz CT molecular complexity index is 512. The second-order valence-electron chi connectivity index (χ2n) is 5.41. The molecule has 0 saturated heterocycles. The first-order chi connectivity index (χ1) is 9.49. The van der Waals surface area contributed by atoms with E-state index in [9.17, 15) is 9.59 Å². The van der Waals surface area contributed by atoms with Gasteiger partial charge in [0, 0.05) is 13.1 Å². The van der Waals surface area contributed by atoms with Gasteiger partial charge in [0.05, 0.1) is 11.3 Å². The number of nitrogens with one attached hydrogen (secondary N) is 1. The molecule has 0 aliphatic heterocycles. The van der Waals surface area contributed by atoms with Crippen molar-refractivity contribution in [3.63, 3.8) is 0 Å². The summed E-state index contributed by atoms with van der Waals surface area (Å²) in [5.41, 5.74) is 0.524. The van der Waals surface area contributed by atoms with E-state index in [1.807, 2.05) is 6.92 Å². The number of amides is 2. The Labute approximate surface area is 118 Å². The van der Waals surface area contributed by atoms with Gasteiger partial charge in [0.1, 0.15) is 0 Å². The number of para-hydroxylation sites is 1. The number of carboxylic acids is 1. The molecule has 0 heterocycles. The van der Waals surface area contributed by atoms with Crippen LogP contribution < -0.4 is 10.2 Å². The zero-order chi connectivity index (χ0) is 14.7. The summed E-state index contributed by atoms with van der Waals surface area (Å²) in [6.07, 6.45) is 3.48. The van der Waals surface area contributed by atoms with Crippen molar-refractivity contribution in [1.29, 1.82) is 0 Å². The van der Waals surface area contributed by atoms with Crippen molar-refractivity contribution in [2.45, 2.75) is 32.2 Å². The third kappa shape index (κ3) is 3.50. The molecule has 1 atom stereocenters. The molecule has 1 unspecified atom stereocenters. The van der Waals surface area contributed by atoms with Crippen molar-refractivity contribution in [1.82, 2.24) is 5.32 Å². The molecule has 5 heteroatoms. The van der Waals surface area contributed by atoms with E-state index >= 15 is 0 Å². The number of rotatable bonds is 5. The predicted octanol–water partition coefficient (Wildman–Crippen LogP) is 2.72. The van der Waals surface area contributed by atoms with E-state index in [-0.39, 0.29) is 17.6 Å². The van der Waals surface area contributed by atoms with Gasteiger partial charge in [0.2, 0.25) is 0 Å². The molecule has 5 nitrogen and oxygen atoms in total. The Morgan fingerprint density at radius 3 is 2.65 bits per heavy atom. The number of anilines is 1. The number of nitrogens with zero attached hydrogens (tertiary/aromatic N) is 1. The van der Waals surface area contributed by atoms with Crippen molar-refractivity contribution < 1.29 is 14.7 Å². The normalized spacial score (nSPS) is 15.5. The lowest BCUT2D eigenvalue weighted by Crippen LogP contribution is -2.42. The summed E-state index contributed by atoms with van der Waals surface area (Å²) in [4.78, 5) is 24.7. The number of aromatic carboxylic acids is 1. The third-order valence-corrected chi connectivity index (χ3v) is 3.55. The van der Waals surface area contributed by atoms with Gasteiger partial charge in [0.15, 0.2) is 0 Å². The molecular weight excluding hydrogens is 256 g/mol. The fourth-order valence-electron chi connectivity index (χ4n) is 2.28. The van der Waals surface area contributed by atoms with E-state index in [0.29, 0.717) is 5.69 Å². The maximum atomic E-state index is 12.2. The van der Waals surface area contributed by atoms with Crippen LogP contribution in [0.25, 0.3) is 0 Å².